The van der Waals surface area contributed by atoms with Crippen molar-refractivity contribution in [1.82, 2.24) is 0 Å². The van der Waals surface area contributed by atoms with Gasteiger partial charge in [-0.2, -0.15) is 0 Å². The molecule has 350 valence electrons. The van der Waals surface area contributed by atoms with Gasteiger partial charge in [0, 0.05) is 6.42 Å². The smallest absolute Gasteiger partial charge is 0.305 e. The van der Waals surface area contributed by atoms with Crippen LogP contribution in [0.3, 0.4) is 0 Å². The van der Waals surface area contributed by atoms with Crippen molar-refractivity contribution in [3.8, 4) is 12.3 Å². The first-order valence-electron chi connectivity index (χ1n) is 22.8. The van der Waals surface area contributed by atoms with Crippen LogP contribution in [0.1, 0.15) is 110 Å². The van der Waals surface area contributed by atoms with E-state index in [0.29, 0.717) is 165 Å². The molecule has 14 nitrogen and oxygen atoms in total. The Bertz CT molecular complexity index is 831. The van der Waals surface area contributed by atoms with E-state index in [1.54, 1.807) is 0 Å². The van der Waals surface area contributed by atoms with Gasteiger partial charge in [-0.3, -0.25) is 4.79 Å². The Kier molecular flexibility index (Phi) is 53.2. The second-order valence-corrected chi connectivity index (χ2v) is 13.9. The summed E-state index contributed by atoms with van der Waals surface area (Å²) in [7, 11) is 0. The molecule has 0 bridgehead atoms. The molecule has 0 aliphatic heterocycles. The van der Waals surface area contributed by atoms with Crippen molar-refractivity contribution in [1.29, 1.82) is 0 Å². The van der Waals surface area contributed by atoms with Gasteiger partial charge in [0.1, 0.15) is 13.2 Å². The van der Waals surface area contributed by atoms with Gasteiger partial charge < -0.3 is 61.6 Å². The number of ether oxygens (including phenoxy) is 13. The van der Waals surface area contributed by atoms with Gasteiger partial charge in [-0.1, -0.05) is 103 Å². The summed E-state index contributed by atoms with van der Waals surface area (Å²) in [5.74, 6) is 2.27. The lowest BCUT2D eigenvalue weighted by atomic mass is 10.0. The average Bonchev–Trinajstić information content (AvgIpc) is 3.24. The molecular weight excluding hydrogens is 764 g/mol. The first-order valence-corrected chi connectivity index (χ1v) is 22.8. The van der Waals surface area contributed by atoms with Crippen LogP contribution in [-0.2, 0) is 66.4 Å². The second kappa shape index (κ2) is 54.6. The van der Waals surface area contributed by atoms with Crippen molar-refractivity contribution in [2.45, 2.75) is 110 Å². The van der Waals surface area contributed by atoms with E-state index in [-0.39, 0.29) is 12.6 Å². The van der Waals surface area contributed by atoms with E-state index in [4.69, 9.17) is 68.0 Å². The fourth-order valence-corrected chi connectivity index (χ4v) is 5.48. The topological polar surface area (TPSA) is 137 Å². The summed E-state index contributed by atoms with van der Waals surface area (Å²) in [5, 5.41) is 0. The molecule has 0 aromatic carbocycles. The molecule has 0 N–H and O–H groups in total. The van der Waals surface area contributed by atoms with Gasteiger partial charge in [-0.15, -0.1) is 6.42 Å². The first kappa shape index (κ1) is 57.5. The normalized spacial score (nSPS) is 11.4. The molecule has 59 heavy (non-hydrogen) atoms. The van der Waals surface area contributed by atoms with Gasteiger partial charge in [-0.25, -0.2) is 0 Å². The summed E-state index contributed by atoms with van der Waals surface area (Å²) in [6.45, 7) is 14.1. The number of terminal acetylenes is 1. The highest BCUT2D eigenvalue weighted by molar-refractivity contribution is 5.69. The largest absolute Gasteiger partial charge is 0.463 e. The zero-order valence-corrected chi connectivity index (χ0v) is 37.3. The zero-order chi connectivity index (χ0) is 42.5. The summed E-state index contributed by atoms with van der Waals surface area (Å²) < 4.78 is 70.6. The van der Waals surface area contributed by atoms with E-state index >= 15 is 0 Å². The molecule has 0 amide bonds. The summed E-state index contributed by atoms with van der Waals surface area (Å²) in [6, 6.07) is 0. The number of esters is 1. The van der Waals surface area contributed by atoms with E-state index in [1.807, 2.05) is 0 Å². The van der Waals surface area contributed by atoms with Gasteiger partial charge in [0.15, 0.2) is 0 Å². The Labute approximate surface area is 358 Å². The predicted molar refractivity (Wildman–Crippen MR) is 229 cm³/mol. The van der Waals surface area contributed by atoms with Crippen LogP contribution in [-0.4, -0.2) is 171 Å². The summed E-state index contributed by atoms with van der Waals surface area (Å²) in [6.07, 6.45) is 25.3. The van der Waals surface area contributed by atoms with Gasteiger partial charge in [0.05, 0.1) is 152 Å². The number of carbonyl (C=O) groups excluding carboxylic acids is 1. The number of carbonyl (C=O) groups is 1. The predicted octanol–water partition coefficient (Wildman–Crippen LogP) is 6.62. The van der Waals surface area contributed by atoms with Crippen LogP contribution in [0.4, 0.5) is 0 Å². The maximum Gasteiger partial charge on any atom is 0.305 e. The van der Waals surface area contributed by atoms with Crippen LogP contribution in [0.5, 0.6) is 0 Å². The third-order valence-electron chi connectivity index (χ3n) is 8.75. The zero-order valence-electron chi connectivity index (χ0n) is 37.3. The van der Waals surface area contributed by atoms with Crippen LogP contribution in [0, 0.1) is 12.3 Å². The SMILES string of the molecule is C#CCOCCOCCOCCOCCOCCOCCOCCOCCOCCOCCOCCOCCOC(=O)CCCCCCCCCCCCCCCCC. The lowest BCUT2D eigenvalue weighted by Gasteiger charge is -2.09. The highest BCUT2D eigenvalue weighted by atomic mass is 16.6. The Morgan fingerprint density at radius 2 is 0.542 bits per heavy atom. The lowest BCUT2D eigenvalue weighted by molar-refractivity contribution is -0.145. The molecule has 0 spiro atoms. The molecule has 0 aliphatic carbocycles. The number of hydrogen-bond acceptors (Lipinski definition) is 14. The fourth-order valence-electron chi connectivity index (χ4n) is 5.48. The Morgan fingerprint density at radius 1 is 0.322 bits per heavy atom. The lowest BCUT2D eigenvalue weighted by Crippen LogP contribution is -2.15. The molecule has 0 heterocycles. The third kappa shape index (κ3) is 54.5. The molecule has 0 aromatic rings. The minimum Gasteiger partial charge on any atom is -0.463 e. The highest BCUT2D eigenvalue weighted by Crippen LogP contribution is 2.14. The average molecular weight is 851 g/mol. The first-order chi connectivity index (χ1) is 29.3. The molecule has 0 radical (unpaired) electrons. The van der Waals surface area contributed by atoms with Gasteiger partial charge >= 0.3 is 5.97 Å². The minimum absolute atomic E-state index is 0.132. The molecule has 0 saturated carbocycles. The minimum atomic E-state index is -0.132. The van der Waals surface area contributed by atoms with E-state index in [9.17, 15) is 4.79 Å². The molecule has 0 atom stereocenters. The molecule has 0 aromatic heterocycles. The molecule has 14 heteroatoms. The van der Waals surface area contributed by atoms with Crippen molar-refractivity contribution >= 4 is 5.97 Å². The maximum absolute atomic E-state index is 11.9. The summed E-state index contributed by atoms with van der Waals surface area (Å²) in [5.41, 5.74) is 0. The van der Waals surface area contributed by atoms with Crippen molar-refractivity contribution < 1.29 is 66.4 Å². The number of rotatable bonds is 53. The number of hydrogen-bond donors (Lipinski definition) is 0. The molecular formula is C45H86O14. The molecule has 0 fully saturated rings. The maximum atomic E-state index is 11.9. The van der Waals surface area contributed by atoms with Crippen LogP contribution in [0.2, 0.25) is 0 Å². The van der Waals surface area contributed by atoms with Crippen molar-refractivity contribution in [3.05, 3.63) is 0 Å². The van der Waals surface area contributed by atoms with Crippen molar-refractivity contribution in [3.63, 3.8) is 0 Å². The quantitative estimate of drug-likeness (QED) is 0.0368. The van der Waals surface area contributed by atoms with Crippen LogP contribution in [0.25, 0.3) is 0 Å². The van der Waals surface area contributed by atoms with Crippen LogP contribution >= 0.6 is 0 Å². The molecule has 0 unspecified atom stereocenters. The fraction of sp³-hybridized carbons (Fsp3) is 0.933. The van der Waals surface area contributed by atoms with Crippen LogP contribution < -0.4 is 0 Å². The molecule has 0 rings (SSSR count). The van der Waals surface area contributed by atoms with E-state index < -0.39 is 0 Å². The third-order valence-corrected chi connectivity index (χ3v) is 8.75. The van der Waals surface area contributed by atoms with Crippen molar-refractivity contribution in [2.75, 3.05) is 165 Å². The van der Waals surface area contributed by atoms with Crippen LogP contribution in [0.15, 0.2) is 0 Å². The Morgan fingerprint density at radius 3 is 0.797 bits per heavy atom. The van der Waals surface area contributed by atoms with Gasteiger partial charge in [-0.05, 0) is 6.42 Å². The van der Waals surface area contributed by atoms with E-state index in [0.717, 1.165) is 12.8 Å². The standard InChI is InChI=1S/C45H86O14/c1-3-5-6-7-8-9-10-11-12-13-14-15-16-17-18-19-45(46)59-44-43-58-42-41-57-40-39-56-38-37-55-36-35-54-34-33-53-32-31-52-30-29-51-28-27-50-26-25-49-24-23-48-22-21-47-20-4-2/h2H,3,5-44H2,1H3. The van der Waals surface area contributed by atoms with Gasteiger partial charge in [0.25, 0.3) is 0 Å². The molecule has 0 aliphatic rings. The molecule has 0 saturated heterocycles. The van der Waals surface area contributed by atoms with E-state index in [2.05, 4.69) is 12.8 Å². The van der Waals surface area contributed by atoms with E-state index in [1.165, 1.54) is 83.5 Å². The summed E-state index contributed by atoms with van der Waals surface area (Å²) >= 11 is 0. The Hall–Kier alpha value is -1.45. The Balaban J connectivity index is 3.12. The van der Waals surface area contributed by atoms with Crippen molar-refractivity contribution in [2.24, 2.45) is 0 Å². The second-order valence-electron chi connectivity index (χ2n) is 13.9. The number of unbranched alkanes of at least 4 members (excludes halogenated alkanes) is 14. The monoisotopic (exact) mass is 851 g/mol. The van der Waals surface area contributed by atoms with Gasteiger partial charge in [0.2, 0.25) is 0 Å². The summed E-state index contributed by atoms with van der Waals surface area (Å²) in [4.78, 5) is 11.9. The highest BCUT2D eigenvalue weighted by Gasteiger charge is 2.03.